The van der Waals surface area contributed by atoms with E-state index in [0.717, 1.165) is 66.9 Å². The summed E-state index contributed by atoms with van der Waals surface area (Å²) in [6, 6.07) is 8.64. The molecule has 1 spiro atoms. The molecule has 7 nitrogen and oxygen atoms in total. The monoisotopic (exact) mass is 414 g/mol. The molecule has 6 rings (SSSR count). The Morgan fingerprint density at radius 3 is 2.74 bits per heavy atom. The standard InChI is InChI=1S/C24H26N6O/c1-22(2,31)17-4-8-29(13-17)21-9-18(3-7-26-21)30-19-10-20(27-11-16(19)12-28-30)24(15-25)14-23(24)5-6-23/h3,7,9-12,17,31H,4-6,8,13-14H2,1-2H3/t17-,24+/m1/s1. The van der Waals surface area contributed by atoms with Crippen molar-refractivity contribution >= 4 is 16.7 Å². The molecular formula is C24H26N6O. The van der Waals surface area contributed by atoms with Crippen molar-refractivity contribution < 1.29 is 5.11 Å². The van der Waals surface area contributed by atoms with E-state index in [0.29, 0.717) is 0 Å². The Hall–Kier alpha value is -2.98. The SMILES string of the molecule is CC(C)(O)[C@@H]1CCN(c2cc(-n3ncc4cnc([C@@]5(C#N)CC56CC6)cc43)ccn2)C1. The summed E-state index contributed by atoms with van der Waals surface area (Å²) in [4.78, 5) is 11.5. The zero-order valence-corrected chi connectivity index (χ0v) is 17.9. The quantitative estimate of drug-likeness (QED) is 0.704. The van der Waals surface area contributed by atoms with Crippen LogP contribution in [0.25, 0.3) is 16.6 Å². The highest BCUT2D eigenvalue weighted by atomic mass is 16.3. The second-order valence-electron chi connectivity index (χ2n) is 10.1. The lowest BCUT2D eigenvalue weighted by molar-refractivity contribution is 0.0263. The molecule has 0 amide bonds. The number of aromatic nitrogens is 4. The molecule has 0 radical (unpaired) electrons. The molecule has 0 bridgehead atoms. The van der Waals surface area contributed by atoms with Crippen molar-refractivity contribution in [2.75, 3.05) is 18.0 Å². The van der Waals surface area contributed by atoms with E-state index in [1.807, 2.05) is 43.2 Å². The first-order valence-corrected chi connectivity index (χ1v) is 11.0. The minimum absolute atomic E-state index is 0.184. The van der Waals surface area contributed by atoms with Gasteiger partial charge < -0.3 is 10.0 Å². The molecule has 1 saturated heterocycles. The summed E-state index contributed by atoms with van der Waals surface area (Å²) in [5, 5.41) is 25.8. The number of anilines is 1. The number of hydrogen-bond acceptors (Lipinski definition) is 6. The first-order chi connectivity index (χ1) is 14.9. The fourth-order valence-corrected chi connectivity index (χ4v) is 5.41. The van der Waals surface area contributed by atoms with Gasteiger partial charge in [-0.1, -0.05) is 0 Å². The maximum absolute atomic E-state index is 10.4. The lowest BCUT2D eigenvalue weighted by Crippen LogP contribution is -2.33. The van der Waals surface area contributed by atoms with Crippen LogP contribution in [-0.2, 0) is 5.41 Å². The largest absolute Gasteiger partial charge is 0.390 e. The number of rotatable bonds is 4. The number of fused-ring (bicyclic) bond motifs is 1. The van der Waals surface area contributed by atoms with Crippen molar-refractivity contribution in [1.29, 1.82) is 5.26 Å². The predicted octanol–water partition coefficient (Wildman–Crippen LogP) is 3.36. The normalized spacial score (nSPS) is 26.4. The first kappa shape index (κ1) is 18.8. The third-order valence-electron chi connectivity index (χ3n) is 7.80. The highest BCUT2D eigenvalue weighted by molar-refractivity contribution is 5.80. The maximum atomic E-state index is 10.4. The number of nitrogens with zero attached hydrogens (tertiary/aromatic N) is 6. The lowest BCUT2D eigenvalue weighted by Gasteiger charge is -2.26. The van der Waals surface area contributed by atoms with E-state index in [1.54, 1.807) is 0 Å². The van der Waals surface area contributed by atoms with Crippen molar-refractivity contribution in [3.8, 4) is 11.8 Å². The van der Waals surface area contributed by atoms with Gasteiger partial charge in [0.15, 0.2) is 0 Å². The van der Waals surface area contributed by atoms with E-state index in [4.69, 9.17) is 0 Å². The molecule has 1 aliphatic heterocycles. The molecule has 4 heterocycles. The van der Waals surface area contributed by atoms with Gasteiger partial charge in [-0.15, -0.1) is 0 Å². The lowest BCUT2D eigenvalue weighted by atomic mass is 9.90. The summed E-state index contributed by atoms with van der Waals surface area (Å²) in [5.74, 6) is 1.13. The summed E-state index contributed by atoms with van der Waals surface area (Å²) in [6.07, 6.45) is 9.63. The Morgan fingerprint density at radius 1 is 1.23 bits per heavy atom. The van der Waals surface area contributed by atoms with E-state index < -0.39 is 11.0 Å². The summed E-state index contributed by atoms with van der Waals surface area (Å²) in [7, 11) is 0. The second kappa shape index (κ2) is 6.04. The molecule has 0 aromatic carbocycles. The third kappa shape index (κ3) is 2.71. The molecule has 0 unspecified atom stereocenters. The van der Waals surface area contributed by atoms with Gasteiger partial charge in [0.25, 0.3) is 0 Å². The zero-order chi connectivity index (χ0) is 21.4. The predicted molar refractivity (Wildman–Crippen MR) is 117 cm³/mol. The number of hydrogen-bond donors (Lipinski definition) is 1. The topological polar surface area (TPSA) is 90.9 Å². The molecule has 3 fully saturated rings. The van der Waals surface area contributed by atoms with Crippen LogP contribution < -0.4 is 4.90 Å². The molecule has 2 saturated carbocycles. The molecule has 2 aliphatic carbocycles. The molecule has 1 N–H and O–H groups in total. The smallest absolute Gasteiger partial charge is 0.130 e. The Labute approximate surface area is 181 Å². The summed E-state index contributed by atoms with van der Waals surface area (Å²) in [6.45, 7) is 5.44. The Balaban J connectivity index is 1.35. The van der Waals surface area contributed by atoms with Gasteiger partial charge >= 0.3 is 0 Å². The maximum Gasteiger partial charge on any atom is 0.130 e. The van der Waals surface area contributed by atoms with Crippen LogP contribution in [0.5, 0.6) is 0 Å². The molecule has 7 heteroatoms. The Kier molecular flexibility index (Phi) is 3.66. The number of pyridine rings is 2. The van der Waals surface area contributed by atoms with Crippen LogP contribution in [0.15, 0.2) is 36.8 Å². The van der Waals surface area contributed by atoms with Crippen molar-refractivity contribution in [3.63, 3.8) is 0 Å². The van der Waals surface area contributed by atoms with Gasteiger partial charge in [-0.2, -0.15) is 10.4 Å². The third-order valence-corrected chi connectivity index (χ3v) is 7.80. The fraction of sp³-hybridized carbons (Fsp3) is 0.500. The van der Waals surface area contributed by atoms with Crippen LogP contribution in [-0.4, -0.2) is 43.5 Å². The van der Waals surface area contributed by atoms with Crippen molar-refractivity contribution in [2.45, 2.75) is 50.5 Å². The van der Waals surface area contributed by atoms with Crippen molar-refractivity contribution in [3.05, 3.63) is 42.5 Å². The summed E-state index contributed by atoms with van der Waals surface area (Å²) < 4.78 is 1.92. The average molecular weight is 415 g/mol. The molecule has 31 heavy (non-hydrogen) atoms. The van der Waals surface area contributed by atoms with Crippen LogP contribution >= 0.6 is 0 Å². The van der Waals surface area contributed by atoms with Crippen LogP contribution in [0.3, 0.4) is 0 Å². The van der Waals surface area contributed by atoms with Crippen molar-refractivity contribution in [2.24, 2.45) is 11.3 Å². The van der Waals surface area contributed by atoms with Crippen LogP contribution in [0, 0.1) is 22.7 Å². The fourth-order valence-electron chi connectivity index (χ4n) is 5.41. The first-order valence-electron chi connectivity index (χ1n) is 11.0. The van der Waals surface area contributed by atoms with E-state index >= 15 is 0 Å². The highest BCUT2D eigenvalue weighted by Crippen LogP contribution is 2.78. The molecule has 3 aromatic heterocycles. The van der Waals surface area contributed by atoms with Gasteiger partial charge in [0.1, 0.15) is 11.2 Å². The Bertz CT molecular complexity index is 1230. The second-order valence-corrected chi connectivity index (χ2v) is 10.1. The average Bonchev–Trinajstić information content (AvgIpc) is 3.50. The van der Waals surface area contributed by atoms with Gasteiger partial charge in [0.05, 0.1) is 34.8 Å². The van der Waals surface area contributed by atoms with Crippen LogP contribution in [0.1, 0.15) is 45.2 Å². The van der Waals surface area contributed by atoms with E-state index in [1.165, 1.54) is 0 Å². The van der Waals surface area contributed by atoms with Crippen LogP contribution in [0.4, 0.5) is 5.82 Å². The van der Waals surface area contributed by atoms with Gasteiger partial charge in [-0.25, -0.2) is 9.67 Å². The summed E-state index contributed by atoms with van der Waals surface area (Å²) in [5.41, 5.74) is 1.86. The van der Waals surface area contributed by atoms with E-state index in [2.05, 4.69) is 38.2 Å². The van der Waals surface area contributed by atoms with Gasteiger partial charge in [0.2, 0.25) is 0 Å². The highest BCUT2D eigenvalue weighted by Gasteiger charge is 2.76. The zero-order valence-electron chi connectivity index (χ0n) is 17.9. The molecule has 158 valence electrons. The Morgan fingerprint density at radius 2 is 2.06 bits per heavy atom. The van der Waals surface area contributed by atoms with E-state index in [-0.39, 0.29) is 11.3 Å². The van der Waals surface area contributed by atoms with Gasteiger partial charge in [-0.3, -0.25) is 4.98 Å². The van der Waals surface area contributed by atoms with Gasteiger partial charge in [0, 0.05) is 42.9 Å². The molecule has 2 atom stereocenters. The van der Waals surface area contributed by atoms with Crippen LogP contribution in [0.2, 0.25) is 0 Å². The molecular weight excluding hydrogens is 388 g/mol. The van der Waals surface area contributed by atoms with E-state index in [9.17, 15) is 10.4 Å². The minimum Gasteiger partial charge on any atom is -0.390 e. The summed E-state index contributed by atoms with van der Waals surface area (Å²) >= 11 is 0. The van der Waals surface area contributed by atoms with Gasteiger partial charge in [-0.05, 0) is 57.1 Å². The number of aliphatic hydroxyl groups is 1. The number of nitriles is 1. The van der Waals surface area contributed by atoms with Crippen molar-refractivity contribution in [1.82, 2.24) is 19.7 Å². The molecule has 3 aromatic rings. The minimum atomic E-state index is -0.688. The molecule has 3 aliphatic rings.